The van der Waals surface area contributed by atoms with E-state index < -0.39 is 0 Å². The third-order valence-corrected chi connectivity index (χ3v) is 2.53. The number of aryl methyl sites for hydroxylation is 1. The molecule has 0 aliphatic carbocycles. The number of nitrogens with zero attached hydrogens (tertiary/aromatic N) is 1. The van der Waals surface area contributed by atoms with Crippen molar-refractivity contribution in [3.63, 3.8) is 0 Å². The zero-order chi connectivity index (χ0) is 12.8. The molecule has 0 unspecified atom stereocenters. The van der Waals surface area contributed by atoms with Gasteiger partial charge < -0.3 is 10.1 Å². The van der Waals surface area contributed by atoms with Crippen LogP contribution in [-0.2, 0) is 6.54 Å². The molecule has 0 saturated carbocycles. The summed E-state index contributed by atoms with van der Waals surface area (Å²) in [6, 6.07) is 13.8. The van der Waals surface area contributed by atoms with Crippen molar-refractivity contribution in [1.29, 1.82) is 0 Å². The highest BCUT2D eigenvalue weighted by Gasteiger charge is 2.02. The minimum Gasteiger partial charge on any atom is -0.439 e. The maximum Gasteiger partial charge on any atom is 0.219 e. The molecule has 0 bridgehead atoms. The first kappa shape index (κ1) is 12.6. The number of aromatic nitrogens is 1. The Morgan fingerprint density at radius 3 is 2.67 bits per heavy atom. The summed E-state index contributed by atoms with van der Waals surface area (Å²) in [5, 5.41) is 3.30. The van der Waals surface area contributed by atoms with Crippen LogP contribution in [0.15, 0.2) is 42.5 Å². The SMILES string of the molecule is CCNCc1cc(C)nc(Oc2ccccc2)c1. The van der Waals surface area contributed by atoms with Gasteiger partial charge in [-0.25, -0.2) is 4.98 Å². The van der Waals surface area contributed by atoms with Crippen LogP contribution in [0.3, 0.4) is 0 Å². The van der Waals surface area contributed by atoms with E-state index >= 15 is 0 Å². The Morgan fingerprint density at radius 1 is 1.17 bits per heavy atom. The summed E-state index contributed by atoms with van der Waals surface area (Å²) in [7, 11) is 0. The molecule has 0 aliphatic heterocycles. The molecule has 1 N–H and O–H groups in total. The lowest BCUT2D eigenvalue weighted by atomic mass is 10.2. The minimum atomic E-state index is 0.647. The van der Waals surface area contributed by atoms with Gasteiger partial charge >= 0.3 is 0 Å². The summed E-state index contributed by atoms with van der Waals surface area (Å²) in [6.45, 7) is 5.87. The van der Waals surface area contributed by atoms with Gasteiger partial charge in [0.15, 0.2) is 0 Å². The summed E-state index contributed by atoms with van der Waals surface area (Å²) >= 11 is 0. The van der Waals surface area contributed by atoms with Crippen molar-refractivity contribution in [3.8, 4) is 11.6 Å². The fourth-order valence-corrected chi connectivity index (χ4v) is 1.74. The third kappa shape index (κ3) is 3.57. The highest BCUT2D eigenvalue weighted by Crippen LogP contribution is 2.20. The Kier molecular flexibility index (Phi) is 4.31. The van der Waals surface area contributed by atoms with E-state index in [1.807, 2.05) is 43.3 Å². The fourth-order valence-electron chi connectivity index (χ4n) is 1.74. The Morgan fingerprint density at radius 2 is 1.94 bits per heavy atom. The number of rotatable bonds is 5. The van der Waals surface area contributed by atoms with Gasteiger partial charge in [-0.3, -0.25) is 0 Å². The van der Waals surface area contributed by atoms with Gasteiger partial charge in [-0.1, -0.05) is 25.1 Å². The van der Waals surface area contributed by atoms with Crippen LogP contribution in [0, 0.1) is 6.92 Å². The van der Waals surface area contributed by atoms with Gasteiger partial charge in [0, 0.05) is 18.3 Å². The van der Waals surface area contributed by atoms with Gasteiger partial charge in [-0.05, 0) is 37.2 Å². The van der Waals surface area contributed by atoms with Crippen LogP contribution >= 0.6 is 0 Å². The largest absolute Gasteiger partial charge is 0.439 e. The van der Waals surface area contributed by atoms with Crippen molar-refractivity contribution in [2.45, 2.75) is 20.4 Å². The van der Waals surface area contributed by atoms with E-state index in [9.17, 15) is 0 Å². The predicted molar refractivity (Wildman–Crippen MR) is 72.9 cm³/mol. The quantitative estimate of drug-likeness (QED) is 0.873. The number of benzene rings is 1. The number of hydrogen-bond donors (Lipinski definition) is 1. The number of pyridine rings is 1. The van der Waals surface area contributed by atoms with Gasteiger partial charge in [-0.15, -0.1) is 0 Å². The second-order valence-corrected chi connectivity index (χ2v) is 4.15. The zero-order valence-electron chi connectivity index (χ0n) is 10.8. The average Bonchev–Trinajstić information content (AvgIpc) is 2.37. The normalized spacial score (nSPS) is 10.3. The molecule has 3 nitrogen and oxygen atoms in total. The van der Waals surface area contributed by atoms with Crippen molar-refractivity contribution in [2.24, 2.45) is 0 Å². The standard InChI is InChI=1S/C15H18N2O/c1-3-16-11-13-9-12(2)17-15(10-13)18-14-7-5-4-6-8-14/h4-10,16H,3,11H2,1-2H3. The number of nitrogens with one attached hydrogen (secondary N) is 1. The fraction of sp³-hybridized carbons (Fsp3) is 0.267. The topological polar surface area (TPSA) is 34.2 Å². The Labute approximate surface area is 108 Å². The highest BCUT2D eigenvalue weighted by molar-refractivity contribution is 5.30. The molecule has 0 atom stereocenters. The second-order valence-electron chi connectivity index (χ2n) is 4.15. The molecule has 0 radical (unpaired) electrons. The molecule has 3 heteroatoms. The molecule has 18 heavy (non-hydrogen) atoms. The predicted octanol–water partition coefficient (Wildman–Crippen LogP) is 3.29. The van der Waals surface area contributed by atoms with Crippen molar-refractivity contribution >= 4 is 0 Å². The summed E-state index contributed by atoms with van der Waals surface area (Å²) in [6.07, 6.45) is 0. The van der Waals surface area contributed by atoms with E-state index in [0.717, 1.165) is 24.5 Å². The van der Waals surface area contributed by atoms with E-state index in [0.29, 0.717) is 5.88 Å². The molecule has 0 aliphatic rings. The third-order valence-electron chi connectivity index (χ3n) is 2.53. The average molecular weight is 242 g/mol. The van der Waals surface area contributed by atoms with Crippen LogP contribution in [0.5, 0.6) is 11.6 Å². The molecule has 1 heterocycles. The molecular formula is C15H18N2O. The first-order valence-corrected chi connectivity index (χ1v) is 6.19. The molecule has 0 fully saturated rings. The van der Waals surface area contributed by atoms with E-state index in [4.69, 9.17) is 4.74 Å². The van der Waals surface area contributed by atoms with Crippen LogP contribution in [0.4, 0.5) is 0 Å². The first-order valence-electron chi connectivity index (χ1n) is 6.19. The van der Waals surface area contributed by atoms with Crippen molar-refractivity contribution in [1.82, 2.24) is 10.3 Å². The Balaban J connectivity index is 2.15. The molecule has 2 rings (SSSR count). The molecule has 0 spiro atoms. The van der Waals surface area contributed by atoms with E-state index in [-0.39, 0.29) is 0 Å². The van der Waals surface area contributed by atoms with Crippen molar-refractivity contribution < 1.29 is 4.74 Å². The lowest BCUT2D eigenvalue weighted by Crippen LogP contribution is -2.12. The van der Waals surface area contributed by atoms with Gasteiger partial charge in [0.2, 0.25) is 5.88 Å². The van der Waals surface area contributed by atoms with Crippen molar-refractivity contribution in [3.05, 3.63) is 53.7 Å². The summed E-state index contributed by atoms with van der Waals surface area (Å²) in [5.74, 6) is 1.46. The molecule has 1 aromatic carbocycles. The summed E-state index contributed by atoms with van der Waals surface area (Å²) in [4.78, 5) is 4.39. The van der Waals surface area contributed by atoms with Gasteiger partial charge in [-0.2, -0.15) is 0 Å². The molecule has 0 saturated heterocycles. The lowest BCUT2D eigenvalue weighted by Gasteiger charge is -2.08. The highest BCUT2D eigenvalue weighted by atomic mass is 16.5. The van der Waals surface area contributed by atoms with Gasteiger partial charge in [0.25, 0.3) is 0 Å². The van der Waals surface area contributed by atoms with Crippen molar-refractivity contribution in [2.75, 3.05) is 6.54 Å². The monoisotopic (exact) mass is 242 g/mol. The van der Waals surface area contributed by atoms with Crippen LogP contribution in [-0.4, -0.2) is 11.5 Å². The smallest absolute Gasteiger partial charge is 0.219 e. The summed E-state index contributed by atoms with van der Waals surface area (Å²) < 4.78 is 5.74. The van der Waals surface area contributed by atoms with Crippen LogP contribution in [0.2, 0.25) is 0 Å². The van der Waals surface area contributed by atoms with Crippen LogP contribution in [0.25, 0.3) is 0 Å². The molecule has 2 aromatic rings. The Hall–Kier alpha value is -1.87. The summed E-state index contributed by atoms with van der Waals surface area (Å²) in [5.41, 5.74) is 2.16. The molecular weight excluding hydrogens is 224 g/mol. The number of ether oxygens (including phenoxy) is 1. The first-order chi connectivity index (χ1) is 8.78. The van der Waals surface area contributed by atoms with E-state index in [2.05, 4.69) is 23.3 Å². The second kappa shape index (κ2) is 6.17. The number of hydrogen-bond acceptors (Lipinski definition) is 3. The maximum atomic E-state index is 5.74. The molecule has 0 amide bonds. The van der Waals surface area contributed by atoms with Gasteiger partial charge in [0.05, 0.1) is 0 Å². The van der Waals surface area contributed by atoms with Crippen LogP contribution < -0.4 is 10.1 Å². The Bertz CT molecular complexity index is 497. The van der Waals surface area contributed by atoms with E-state index in [1.165, 1.54) is 5.56 Å². The molecule has 94 valence electrons. The minimum absolute atomic E-state index is 0.647. The van der Waals surface area contributed by atoms with Crippen LogP contribution in [0.1, 0.15) is 18.2 Å². The maximum absolute atomic E-state index is 5.74. The zero-order valence-corrected chi connectivity index (χ0v) is 10.8. The molecule has 1 aromatic heterocycles. The van der Waals surface area contributed by atoms with Gasteiger partial charge in [0.1, 0.15) is 5.75 Å². The van der Waals surface area contributed by atoms with E-state index in [1.54, 1.807) is 0 Å². The number of para-hydroxylation sites is 1. The lowest BCUT2D eigenvalue weighted by molar-refractivity contribution is 0.460.